The highest BCUT2D eigenvalue weighted by molar-refractivity contribution is 5.67. The summed E-state index contributed by atoms with van der Waals surface area (Å²) in [6.07, 6.45) is 0.710. The van der Waals surface area contributed by atoms with E-state index >= 15 is 0 Å². The molecule has 0 spiro atoms. The Morgan fingerprint density at radius 3 is 2.65 bits per heavy atom. The lowest BCUT2D eigenvalue weighted by molar-refractivity contribution is 0.352. The molecule has 2 N–H and O–H groups in total. The maximum atomic E-state index is 6.11. The minimum atomic E-state index is -0.617. The van der Waals surface area contributed by atoms with Crippen molar-refractivity contribution >= 4 is 0 Å². The van der Waals surface area contributed by atoms with E-state index in [2.05, 4.69) is 10.1 Å². The molecule has 1 aromatic heterocycles. The van der Waals surface area contributed by atoms with Gasteiger partial charge in [0.2, 0.25) is 0 Å². The van der Waals surface area contributed by atoms with Gasteiger partial charge in [0.25, 0.3) is 5.89 Å². The van der Waals surface area contributed by atoms with Gasteiger partial charge in [0.15, 0.2) is 17.3 Å². The SMILES string of the molecule is CCC(C)(N)c1noc(-c2cccc(OC)c2OC)n1. The van der Waals surface area contributed by atoms with Crippen LogP contribution in [0.1, 0.15) is 26.1 Å². The number of methoxy groups -OCH3 is 2. The van der Waals surface area contributed by atoms with E-state index in [-0.39, 0.29) is 0 Å². The van der Waals surface area contributed by atoms with Crippen LogP contribution >= 0.6 is 0 Å². The number of para-hydroxylation sites is 1. The second kappa shape index (κ2) is 5.50. The van der Waals surface area contributed by atoms with E-state index in [4.69, 9.17) is 19.7 Å². The van der Waals surface area contributed by atoms with Crippen molar-refractivity contribution in [3.05, 3.63) is 24.0 Å². The van der Waals surface area contributed by atoms with Crippen LogP contribution in [0.3, 0.4) is 0 Å². The lowest BCUT2D eigenvalue weighted by atomic mass is 10.00. The van der Waals surface area contributed by atoms with Crippen LogP contribution in [0.25, 0.3) is 11.5 Å². The van der Waals surface area contributed by atoms with Gasteiger partial charge < -0.3 is 19.7 Å². The molecule has 0 aliphatic carbocycles. The molecule has 2 aromatic rings. The maximum Gasteiger partial charge on any atom is 0.261 e. The molecule has 6 heteroatoms. The summed E-state index contributed by atoms with van der Waals surface area (Å²) in [5.74, 6) is 2.00. The van der Waals surface area contributed by atoms with Crippen molar-refractivity contribution in [2.75, 3.05) is 14.2 Å². The second-order valence-electron chi connectivity index (χ2n) is 4.74. The van der Waals surface area contributed by atoms with Crippen LogP contribution < -0.4 is 15.2 Å². The first kappa shape index (κ1) is 14.3. The van der Waals surface area contributed by atoms with Gasteiger partial charge in [-0.2, -0.15) is 4.98 Å². The highest BCUT2D eigenvalue weighted by Crippen LogP contribution is 2.37. The molecule has 1 aromatic carbocycles. The average molecular weight is 277 g/mol. The number of aromatic nitrogens is 2. The zero-order chi connectivity index (χ0) is 14.8. The standard InChI is InChI=1S/C14H19N3O3/c1-5-14(2,15)13-16-12(20-17-13)9-7-6-8-10(18-3)11(9)19-4/h6-8H,5,15H2,1-4H3. The molecule has 1 atom stereocenters. The van der Waals surface area contributed by atoms with Gasteiger partial charge in [-0.15, -0.1) is 0 Å². The number of nitrogens with two attached hydrogens (primary N) is 1. The van der Waals surface area contributed by atoms with Gasteiger partial charge in [-0.05, 0) is 25.5 Å². The molecular formula is C14H19N3O3. The summed E-state index contributed by atoms with van der Waals surface area (Å²) in [5.41, 5.74) is 6.18. The number of hydrogen-bond acceptors (Lipinski definition) is 6. The lowest BCUT2D eigenvalue weighted by Gasteiger charge is -2.16. The Balaban J connectivity index is 2.48. The molecule has 0 aliphatic heterocycles. The van der Waals surface area contributed by atoms with E-state index in [1.54, 1.807) is 20.3 Å². The molecule has 20 heavy (non-hydrogen) atoms. The second-order valence-corrected chi connectivity index (χ2v) is 4.74. The molecule has 0 amide bonds. The molecular weight excluding hydrogens is 258 g/mol. The molecule has 1 heterocycles. The Morgan fingerprint density at radius 2 is 2.05 bits per heavy atom. The average Bonchev–Trinajstić information content (AvgIpc) is 2.96. The van der Waals surface area contributed by atoms with Crippen molar-refractivity contribution in [1.82, 2.24) is 10.1 Å². The number of rotatable bonds is 5. The molecule has 0 fully saturated rings. The molecule has 108 valence electrons. The van der Waals surface area contributed by atoms with Crippen LogP contribution in [-0.4, -0.2) is 24.4 Å². The van der Waals surface area contributed by atoms with Crippen molar-refractivity contribution < 1.29 is 14.0 Å². The number of benzene rings is 1. The summed E-state index contributed by atoms with van der Waals surface area (Å²) in [6.45, 7) is 3.84. The first-order chi connectivity index (χ1) is 9.53. The molecule has 0 saturated carbocycles. The number of nitrogens with zero attached hydrogens (tertiary/aromatic N) is 2. The molecule has 0 saturated heterocycles. The summed E-state index contributed by atoms with van der Waals surface area (Å²) in [4.78, 5) is 4.37. The zero-order valence-corrected chi connectivity index (χ0v) is 12.1. The van der Waals surface area contributed by atoms with Crippen molar-refractivity contribution in [1.29, 1.82) is 0 Å². The Bertz CT molecular complexity index is 593. The van der Waals surface area contributed by atoms with Gasteiger partial charge in [-0.1, -0.05) is 18.1 Å². The van der Waals surface area contributed by atoms with Crippen molar-refractivity contribution in [3.8, 4) is 23.0 Å². The Kier molecular flexibility index (Phi) is 3.94. The van der Waals surface area contributed by atoms with Crippen molar-refractivity contribution in [2.45, 2.75) is 25.8 Å². The van der Waals surface area contributed by atoms with Gasteiger partial charge in [0.1, 0.15) is 0 Å². The number of hydrogen-bond donors (Lipinski definition) is 1. The predicted molar refractivity (Wildman–Crippen MR) is 74.7 cm³/mol. The van der Waals surface area contributed by atoms with Crippen LogP contribution in [-0.2, 0) is 5.54 Å². The Labute approximate surface area is 117 Å². The molecule has 1 unspecified atom stereocenters. The third-order valence-electron chi connectivity index (χ3n) is 3.30. The van der Waals surface area contributed by atoms with E-state index in [9.17, 15) is 0 Å². The molecule has 0 aliphatic rings. The summed E-state index contributed by atoms with van der Waals surface area (Å²) < 4.78 is 15.9. The zero-order valence-electron chi connectivity index (χ0n) is 12.1. The van der Waals surface area contributed by atoms with Crippen LogP contribution in [0.2, 0.25) is 0 Å². The maximum absolute atomic E-state index is 6.11. The van der Waals surface area contributed by atoms with Crippen LogP contribution in [0.5, 0.6) is 11.5 Å². The minimum Gasteiger partial charge on any atom is -0.493 e. The van der Waals surface area contributed by atoms with Crippen molar-refractivity contribution in [3.63, 3.8) is 0 Å². The summed E-state index contributed by atoms with van der Waals surface area (Å²) in [6, 6.07) is 5.47. The monoisotopic (exact) mass is 277 g/mol. The van der Waals surface area contributed by atoms with Gasteiger partial charge in [0, 0.05) is 0 Å². The first-order valence-electron chi connectivity index (χ1n) is 6.38. The number of ether oxygens (including phenoxy) is 2. The predicted octanol–water partition coefficient (Wildman–Crippen LogP) is 2.34. The fourth-order valence-electron chi connectivity index (χ4n) is 1.78. The van der Waals surface area contributed by atoms with Crippen LogP contribution in [0, 0.1) is 0 Å². The third kappa shape index (κ3) is 2.46. The molecule has 0 radical (unpaired) electrons. The van der Waals surface area contributed by atoms with E-state index in [1.807, 2.05) is 26.0 Å². The lowest BCUT2D eigenvalue weighted by Crippen LogP contribution is -2.33. The van der Waals surface area contributed by atoms with Crippen molar-refractivity contribution in [2.24, 2.45) is 5.73 Å². The highest BCUT2D eigenvalue weighted by atomic mass is 16.5. The third-order valence-corrected chi connectivity index (χ3v) is 3.30. The van der Waals surface area contributed by atoms with Crippen LogP contribution in [0.4, 0.5) is 0 Å². The van der Waals surface area contributed by atoms with Gasteiger partial charge >= 0.3 is 0 Å². The first-order valence-corrected chi connectivity index (χ1v) is 6.38. The quantitative estimate of drug-likeness (QED) is 0.903. The fourth-order valence-corrected chi connectivity index (χ4v) is 1.78. The van der Waals surface area contributed by atoms with E-state index in [1.165, 1.54) is 0 Å². The van der Waals surface area contributed by atoms with Gasteiger partial charge in [-0.3, -0.25) is 0 Å². The largest absolute Gasteiger partial charge is 0.493 e. The molecule has 0 bridgehead atoms. The minimum absolute atomic E-state index is 0.362. The van der Waals surface area contributed by atoms with Crippen LogP contribution in [0.15, 0.2) is 22.7 Å². The Morgan fingerprint density at radius 1 is 1.30 bits per heavy atom. The van der Waals surface area contributed by atoms with E-state index < -0.39 is 5.54 Å². The van der Waals surface area contributed by atoms with E-state index in [0.29, 0.717) is 35.2 Å². The molecule has 6 nitrogen and oxygen atoms in total. The highest BCUT2D eigenvalue weighted by Gasteiger charge is 2.26. The Hall–Kier alpha value is -2.08. The smallest absolute Gasteiger partial charge is 0.261 e. The normalized spacial score (nSPS) is 13.8. The van der Waals surface area contributed by atoms with Gasteiger partial charge in [-0.25, -0.2) is 0 Å². The summed E-state index contributed by atoms with van der Waals surface area (Å²) >= 11 is 0. The summed E-state index contributed by atoms with van der Waals surface area (Å²) in [7, 11) is 3.15. The summed E-state index contributed by atoms with van der Waals surface area (Å²) in [5, 5.41) is 3.96. The fraction of sp³-hybridized carbons (Fsp3) is 0.429. The van der Waals surface area contributed by atoms with E-state index in [0.717, 1.165) is 0 Å². The molecule has 2 rings (SSSR count). The topological polar surface area (TPSA) is 83.4 Å². The van der Waals surface area contributed by atoms with Gasteiger partial charge in [0.05, 0.1) is 25.3 Å².